The Balaban J connectivity index is 1.51. The van der Waals surface area contributed by atoms with E-state index in [2.05, 4.69) is 10.3 Å². The Morgan fingerprint density at radius 3 is 2.48 bits per heavy atom. The number of aromatic nitrogens is 2. The molecule has 1 atom stereocenters. The highest BCUT2D eigenvalue weighted by atomic mass is 16.5. The van der Waals surface area contributed by atoms with Crippen LogP contribution < -0.4 is 30.0 Å². The number of aliphatic hydroxyl groups excluding tert-OH is 1. The molecule has 1 aromatic heterocycles. The van der Waals surface area contributed by atoms with Gasteiger partial charge in [-0.3, -0.25) is 4.57 Å². The van der Waals surface area contributed by atoms with Crippen molar-refractivity contribution in [2.75, 3.05) is 40.5 Å². The summed E-state index contributed by atoms with van der Waals surface area (Å²) in [4.78, 5) is 15.2. The maximum atomic E-state index is 12.3. The van der Waals surface area contributed by atoms with Gasteiger partial charge in [0.15, 0.2) is 11.5 Å². The third kappa shape index (κ3) is 5.80. The molecule has 0 aliphatic carbocycles. The van der Waals surface area contributed by atoms with E-state index in [9.17, 15) is 9.90 Å². The minimum atomic E-state index is -0.729. The lowest BCUT2D eigenvalue weighted by molar-refractivity contribution is 0.106. The fraction of sp³-hybridized carbons (Fsp3) is 0.458. The zero-order valence-corrected chi connectivity index (χ0v) is 19.6. The first-order valence-electron chi connectivity index (χ1n) is 11.1. The summed E-state index contributed by atoms with van der Waals surface area (Å²) in [7, 11) is 3.15. The van der Waals surface area contributed by atoms with Crippen LogP contribution in [0.1, 0.15) is 18.9 Å². The van der Waals surface area contributed by atoms with Crippen LogP contribution in [0.4, 0.5) is 0 Å². The normalized spacial score (nSPS) is 12.0. The van der Waals surface area contributed by atoms with Crippen LogP contribution in [0.2, 0.25) is 0 Å². The highest BCUT2D eigenvalue weighted by Gasteiger charge is 2.15. The van der Waals surface area contributed by atoms with Crippen molar-refractivity contribution >= 4 is 11.0 Å². The van der Waals surface area contributed by atoms with E-state index in [0.29, 0.717) is 49.2 Å². The lowest BCUT2D eigenvalue weighted by Gasteiger charge is -2.16. The number of rotatable bonds is 13. The molecule has 33 heavy (non-hydrogen) atoms. The molecule has 0 aliphatic rings. The third-order valence-corrected chi connectivity index (χ3v) is 5.26. The van der Waals surface area contributed by atoms with Crippen LogP contribution in [0.15, 0.2) is 35.1 Å². The Hall–Kier alpha value is -3.17. The van der Waals surface area contributed by atoms with Crippen molar-refractivity contribution in [3.05, 3.63) is 46.4 Å². The summed E-state index contributed by atoms with van der Waals surface area (Å²) in [6.07, 6.45) is 0.0997. The second-order valence-corrected chi connectivity index (χ2v) is 7.70. The Kier molecular flexibility index (Phi) is 8.62. The summed E-state index contributed by atoms with van der Waals surface area (Å²) in [5.41, 5.74) is 2.32. The van der Waals surface area contributed by atoms with E-state index in [-0.39, 0.29) is 12.3 Å². The lowest BCUT2D eigenvalue weighted by atomic mass is 10.2. The molecule has 0 radical (unpaired) electrons. The van der Waals surface area contributed by atoms with Crippen molar-refractivity contribution in [3.63, 3.8) is 0 Å². The molecule has 0 fully saturated rings. The topological polar surface area (TPSA) is 107 Å². The number of aryl methyl sites for hydroxylation is 2. The van der Waals surface area contributed by atoms with Crippen molar-refractivity contribution in [3.8, 4) is 23.0 Å². The molecule has 3 aromatic rings. The summed E-state index contributed by atoms with van der Waals surface area (Å²) in [6, 6.07) is 9.18. The van der Waals surface area contributed by atoms with Gasteiger partial charge in [-0.25, -0.2) is 4.79 Å². The molecular weight excluding hydrogens is 426 g/mol. The average molecular weight is 460 g/mol. The van der Waals surface area contributed by atoms with Crippen molar-refractivity contribution in [1.82, 2.24) is 14.9 Å². The zero-order chi connectivity index (χ0) is 23.8. The van der Waals surface area contributed by atoms with Crippen LogP contribution in [0, 0.1) is 6.92 Å². The summed E-state index contributed by atoms with van der Waals surface area (Å²) < 4.78 is 24.0. The van der Waals surface area contributed by atoms with E-state index < -0.39 is 6.10 Å². The number of fused-ring (bicyclic) bond motifs is 1. The van der Waals surface area contributed by atoms with Gasteiger partial charge >= 0.3 is 5.69 Å². The van der Waals surface area contributed by atoms with Crippen molar-refractivity contribution in [2.24, 2.45) is 0 Å². The summed E-state index contributed by atoms with van der Waals surface area (Å²) in [5, 5.41) is 13.5. The van der Waals surface area contributed by atoms with E-state index in [1.807, 2.05) is 32.0 Å². The molecule has 0 saturated carbocycles. The van der Waals surface area contributed by atoms with Crippen molar-refractivity contribution in [2.45, 2.75) is 32.9 Å². The van der Waals surface area contributed by atoms with Gasteiger partial charge in [-0.05, 0) is 37.1 Å². The number of hydrogen-bond donors (Lipinski definition) is 3. The van der Waals surface area contributed by atoms with Crippen molar-refractivity contribution in [1.29, 1.82) is 0 Å². The van der Waals surface area contributed by atoms with E-state index in [1.165, 1.54) is 0 Å². The Morgan fingerprint density at radius 2 is 1.82 bits per heavy atom. The van der Waals surface area contributed by atoms with Gasteiger partial charge in [0.05, 0.1) is 19.7 Å². The quantitative estimate of drug-likeness (QED) is 0.337. The molecule has 1 heterocycles. The molecule has 9 heteroatoms. The fourth-order valence-corrected chi connectivity index (χ4v) is 3.63. The van der Waals surface area contributed by atoms with Crippen LogP contribution >= 0.6 is 0 Å². The minimum absolute atomic E-state index is 0.0951. The largest absolute Gasteiger partial charge is 0.493 e. The maximum Gasteiger partial charge on any atom is 0.326 e. The van der Waals surface area contributed by atoms with Gasteiger partial charge in [0.2, 0.25) is 5.75 Å². The number of aliphatic hydroxyl groups is 1. The van der Waals surface area contributed by atoms with Gasteiger partial charge in [0.1, 0.15) is 30.6 Å². The molecule has 0 saturated heterocycles. The molecule has 0 spiro atoms. The van der Waals surface area contributed by atoms with E-state index in [0.717, 1.165) is 23.0 Å². The smallest absolute Gasteiger partial charge is 0.326 e. The SMILES string of the molecule is CCCn1c(=O)[nH]c2c(C)ccc(OCC(O)CNCCOc3c(OC)cccc3OC)c21. The number of nitrogens with zero attached hydrogens (tertiary/aromatic N) is 1. The number of H-pyrrole nitrogens is 1. The first-order valence-corrected chi connectivity index (χ1v) is 11.1. The highest BCUT2D eigenvalue weighted by Crippen LogP contribution is 2.36. The predicted molar refractivity (Wildman–Crippen MR) is 127 cm³/mol. The van der Waals surface area contributed by atoms with Gasteiger partial charge in [0, 0.05) is 19.6 Å². The molecule has 9 nitrogen and oxygen atoms in total. The molecule has 2 aromatic carbocycles. The number of para-hydroxylation sites is 1. The summed E-state index contributed by atoms with van der Waals surface area (Å²) in [6.45, 7) is 5.87. The molecule has 3 rings (SSSR count). The van der Waals surface area contributed by atoms with E-state index >= 15 is 0 Å². The van der Waals surface area contributed by atoms with Gasteiger partial charge in [-0.15, -0.1) is 0 Å². The number of methoxy groups -OCH3 is 2. The first-order chi connectivity index (χ1) is 16.0. The Labute approximate surface area is 193 Å². The summed E-state index contributed by atoms with van der Waals surface area (Å²) >= 11 is 0. The molecule has 1 unspecified atom stereocenters. The highest BCUT2D eigenvalue weighted by molar-refractivity contribution is 5.85. The van der Waals surface area contributed by atoms with Crippen LogP contribution in [0.3, 0.4) is 0 Å². The molecule has 0 aliphatic heterocycles. The molecule has 3 N–H and O–H groups in total. The van der Waals surface area contributed by atoms with Crippen LogP contribution in [-0.4, -0.2) is 61.3 Å². The number of benzene rings is 2. The van der Waals surface area contributed by atoms with Crippen LogP contribution in [0.5, 0.6) is 23.0 Å². The third-order valence-electron chi connectivity index (χ3n) is 5.26. The number of aromatic amines is 1. The predicted octanol–water partition coefficient (Wildman–Crippen LogP) is 2.47. The van der Waals surface area contributed by atoms with Gasteiger partial charge < -0.3 is 34.4 Å². The number of hydrogen-bond acceptors (Lipinski definition) is 7. The Bertz CT molecular complexity index is 1090. The van der Waals surface area contributed by atoms with Crippen LogP contribution in [-0.2, 0) is 6.54 Å². The second-order valence-electron chi connectivity index (χ2n) is 7.70. The van der Waals surface area contributed by atoms with Crippen LogP contribution in [0.25, 0.3) is 11.0 Å². The molecular formula is C24H33N3O6. The monoisotopic (exact) mass is 459 g/mol. The van der Waals surface area contributed by atoms with E-state index in [4.69, 9.17) is 18.9 Å². The molecule has 180 valence electrons. The maximum absolute atomic E-state index is 12.3. The summed E-state index contributed by atoms with van der Waals surface area (Å²) in [5.74, 6) is 2.31. The molecule has 0 amide bonds. The standard InChI is InChI=1S/C24H33N3O6/c1-5-12-27-22-18(10-9-16(2)21(22)26-24(27)29)33-15-17(28)14-25-11-13-32-23-19(30-3)7-6-8-20(23)31-4/h6-10,17,25,28H,5,11-15H2,1-4H3,(H,26,29). The Morgan fingerprint density at radius 1 is 1.09 bits per heavy atom. The van der Waals surface area contributed by atoms with Gasteiger partial charge in [-0.2, -0.15) is 0 Å². The van der Waals surface area contributed by atoms with Crippen molar-refractivity contribution < 1.29 is 24.1 Å². The fourth-order valence-electron chi connectivity index (χ4n) is 3.63. The number of nitrogens with one attached hydrogen (secondary N) is 2. The number of imidazole rings is 1. The van der Waals surface area contributed by atoms with Gasteiger partial charge in [-0.1, -0.05) is 19.1 Å². The zero-order valence-electron chi connectivity index (χ0n) is 19.6. The second kappa shape index (κ2) is 11.6. The average Bonchev–Trinajstić information content (AvgIpc) is 3.15. The lowest BCUT2D eigenvalue weighted by Crippen LogP contribution is -2.33. The minimum Gasteiger partial charge on any atom is -0.493 e. The first kappa shape index (κ1) is 24.5. The number of ether oxygens (including phenoxy) is 4. The van der Waals surface area contributed by atoms with Gasteiger partial charge in [0.25, 0.3) is 0 Å². The molecule has 0 bridgehead atoms. The van der Waals surface area contributed by atoms with E-state index in [1.54, 1.807) is 30.9 Å².